The normalized spacial score (nSPS) is 14.3. The summed E-state index contributed by atoms with van der Waals surface area (Å²) in [5, 5.41) is 4.50. The van der Waals surface area contributed by atoms with Crippen LogP contribution in [0.1, 0.15) is 55.8 Å². The Morgan fingerprint density at radius 3 is 2.40 bits per heavy atom. The monoisotopic (exact) mass is 487 g/mol. The van der Waals surface area contributed by atoms with Gasteiger partial charge < -0.3 is 4.74 Å². The van der Waals surface area contributed by atoms with Gasteiger partial charge in [-0.25, -0.2) is 9.48 Å². The molecule has 186 valence electrons. The summed E-state index contributed by atoms with van der Waals surface area (Å²) in [7, 11) is 1.58. The summed E-state index contributed by atoms with van der Waals surface area (Å²) in [6.07, 6.45) is -2.77. The second-order valence-corrected chi connectivity index (χ2v) is 9.72. The predicted octanol–water partition coefficient (Wildman–Crippen LogP) is 5.32. The molecule has 1 fully saturated rings. The lowest BCUT2D eigenvalue weighted by molar-refractivity contribution is -0.137. The zero-order valence-corrected chi connectivity index (χ0v) is 20.1. The Morgan fingerprint density at radius 2 is 1.80 bits per heavy atom. The van der Waals surface area contributed by atoms with Crippen molar-refractivity contribution >= 4 is 5.78 Å². The molecular formula is C26H28F3N3O3. The van der Waals surface area contributed by atoms with E-state index in [-0.39, 0.29) is 30.5 Å². The lowest BCUT2D eigenvalue weighted by Crippen LogP contribution is -2.30. The molecule has 3 aromatic rings. The van der Waals surface area contributed by atoms with Crippen LogP contribution in [0.4, 0.5) is 13.2 Å². The molecule has 9 heteroatoms. The lowest BCUT2D eigenvalue weighted by atomic mass is 9.79. The first-order valence-corrected chi connectivity index (χ1v) is 11.4. The molecule has 0 aliphatic heterocycles. The number of rotatable bonds is 8. The highest BCUT2D eigenvalue weighted by Gasteiger charge is 2.34. The Labute approximate surface area is 201 Å². The van der Waals surface area contributed by atoms with Gasteiger partial charge in [-0.3, -0.25) is 9.36 Å². The van der Waals surface area contributed by atoms with Crippen molar-refractivity contribution in [2.75, 3.05) is 7.11 Å². The van der Waals surface area contributed by atoms with Gasteiger partial charge in [-0.15, -0.1) is 5.10 Å². The Hall–Kier alpha value is -3.36. The van der Waals surface area contributed by atoms with Crippen LogP contribution < -0.4 is 10.4 Å². The van der Waals surface area contributed by atoms with Crippen LogP contribution in [-0.2, 0) is 22.9 Å². The third kappa shape index (κ3) is 5.18. The van der Waals surface area contributed by atoms with Crippen molar-refractivity contribution in [1.82, 2.24) is 14.3 Å². The molecule has 0 saturated heterocycles. The Morgan fingerprint density at radius 1 is 1.11 bits per heavy atom. The minimum atomic E-state index is -4.46. The van der Waals surface area contributed by atoms with E-state index >= 15 is 0 Å². The Kier molecular flexibility index (Phi) is 6.38. The summed E-state index contributed by atoms with van der Waals surface area (Å²) in [6, 6.07) is 10.6. The maximum absolute atomic E-state index is 13.2. The summed E-state index contributed by atoms with van der Waals surface area (Å²) in [5.74, 6) is 0.911. The zero-order chi connectivity index (χ0) is 25.5. The van der Waals surface area contributed by atoms with E-state index in [4.69, 9.17) is 4.74 Å². The number of nitrogens with zero attached hydrogens (tertiary/aromatic N) is 3. The molecule has 0 radical (unpaired) electrons. The summed E-state index contributed by atoms with van der Waals surface area (Å²) < 4.78 is 47.5. The number of carbonyl (C=O) groups is 1. The number of ether oxygens (including phenoxy) is 1. The van der Waals surface area contributed by atoms with Crippen LogP contribution in [0.5, 0.6) is 5.75 Å². The third-order valence-electron chi connectivity index (χ3n) is 6.39. The van der Waals surface area contributed by atoms with Gasteiger partial charge >= 0.3 is 11.9 Å². The average Bonchev–Trinajstić information content (AvgIpc) is 3.57. The van der Waals surface area contributed by atoms with Crippen LogP contribution in [-0.4, -0.2) is 27.2 Å². The number of halogens is 3. The fourth-order valence-electron chi connectivity index (χ4n) is 4.32. The highest BCUT2D eigenvalue weighted by atomic mass is 19.4. The summed E-state index contributed by atoms with van der Waals surface area (Å²) in [4.78, 5) is 26.1. The molecule has 1 heterocycles. The van der Waals surface area contributed by atoms with Crippen LogP contribution in [0.3, 0.4) is 0 Å². The molecule has 0 amide bonds. The average molecular weight is 488 g/mol. The molecule has 4 rings (SSSR count). The standard InChI is InChI=1S/C26H28F3N3O3/c1-16-12-21(35-4)10-11-22(16)23-30-31(24(34)32(23)19-8-9-19)15-20(33)14-25(2,3)17-6-5-7-18(13-17)26(27,28)29/h5-7,10-13,19H,8-9,14-15H2,1-4H3. The molecule has 0 bridgehead atoms. The van der Waals surface area contributed by atoms with Crippen LogP contribution >= 0.6 is 0 Å². The summed E-state index contributed by atoms with van der Waals surface area (Å²) in [6.45, 7) is 5.10. The minimum Gasteiger partial charge on any atom is -0.497 e. The van der Waals surface area contributed by atoms with Gasteiger partial charge in [-0.2, -0.15) is 13.2 Å². The quantitative estimate of drug-likeness (QED) is 0.431. The first kappa shape index (κ1) is 24.8. The summed E-state index contributed by atoms with van der Waals surface area (Å²) in [5.41, 5.74) is 0.116. The minimum absolute atomic E-state index is 0.0338. The van der Waals surface area contributed by atoms with E-state index in [1.807, 2.05) is 19.1 Å². The smallest absolute Gasteiger partial charge is 0.416 e. The SMILES string of the molecule is COc1ccc(-c2nn(CC(=O)CC(C)(C)c3cccc(C(F)(F)F)c3)c(=O)n2C2CC2)c(C)c1. The number of benzene rings is 2. The first-order chi connectivity index (χ1) is 16.4. The molecule has 0 atom stereocenters. The van der Waals surface area contributed by atoms with Gasteiger partial charge in [0.15, 0.2) is 11.6 Å². The molecule has 35 heavy (non-hydrogen) atoms. The molecule has 1 saturated carbocycles. The van der Waals surface area contributed by atoms with Gasteiger partial charge in [0.25, 0.3) is 0 Å². The maximum atomic E-state index is 13.2. The van der Waals surface area contributed by atoms with Crippen LogP contribution in [0.2, 0.25) is 0 Å². The fourth-order valence-corrected chi connectivity index (χ4v) is 4.32. The number of hydrogen-bond donors (Lipinski definition) is 0. The van der Waals surface area contributed by atoms with E-state index in [9.17, 15) is 22.8 Å². The van der Waals surface area contributed by atoms with E-state index in [1.165, 1.54) is 10.7 Å². The number of hydrogen-bond acceptors (Lipinski definition) is 4. The molecular weight excluding hydrogens is 459 g/mol. The number of alkyl halides is 3. The molecule has 0 spiro atoms. The van der Waals surface area contributed by atoms with Gasteiger partial charge in [-0.1, -0.05) is 32.0 Å². The molecule has 6 nitrogen and oxygen atoms in total. The highest BCUT2D eigenvalue weighted by Crippen LogP contribution is 2.38. The Bertz CT molecular complexity index is 1320. The van der Waals surface area contributed by atoms with Gasteiger partial charge in [-0.05, 0) is 60.6 Å². The Balaban J connectivity index is 1.60. The van der Waals surface area contributed by atoms with Crippen molar-refractivity contribution in [2.45, 2.75) is 64.2 Å². The number of aromatic nitrogens is 3. The molecule has 1 aliphatic rings. The number of carbonyl (C=O) groups excluding carboxylic acids is 1. The van der Waals surface area contributed by atoms with Crippen molar-refractivity contribution < 1.29 is 22.7 Å². The van der Waals surface area contributed by atoms with Gasteiger partial charge in [0.2, 0.25) is 0 Å². The van der Waals surface area contributed by atoms with Crippen molar-refractivity contribution in [1.29, 1.82) is 0 Å². The number of Topliss-reactive ketones (excluding diaryl/α,β-unsaturated/α-hetero) is 1. The maximum Gasteiger partial charge on any atom is 0.416 e. The van der Waals surface area contributed by atoms with Crippen LogP contribution in [0.25, 0.3) is 11.4 Å². The third-order valence-corrected chi connectivity index (χ3v) is 6.39. The van der Waals surface area contributed by atoms with E-state index in [2.05, 4.69) is 5.10 Å². The molecule has 1 aliphatic carbocycles. The fraction of sp³-hybridized carbons (Fsp3) is 0.423. The van der Waals surface area contributed by atoms with Gasteiger partial charge in [0, 0.05) is 18.0 Å². The second-order valence-electron chi connectivity index (χ2n) is 9.72. The van der Waals surface area contributed by atoms with Crippen molar-refractivity contribution in [3.63, 3.8) is 0 Å². The molecule has 1 aromatic heterocycles. The number of ketones is 1. The van der Waals surface area contributed by atoms with Crippen molar-refractivity contribution in [3.8, 4) is 17.1 Å². The van der Waals surface area contributed by atoms with E-state index in [1.54, 1.807) is 37.7 Å². The predicted molar refractivity (Wildman–Crippen MR) is 126 cm³/mol. The van der Waals surface area contributed by atoms with Crippen LogP contribution in [0.15, 0.2) is 47.3 Å². The molecule has 2 aromatic carbocycles. The van der Waals surface area contributed by atoms with Gasteiger partial charge in [0.1, 0.15) is 12.3 Å². The molecule has 0 N–H and O–H groups in total. The molecule has 0 unspecified atom stereocenters. The second kappa shape index (κ2) is 9.02. The van der Waals surface area contributed by atoms with E-state index in [0.29, 0.717) is 17.1 Å². The zero-order valence-electron chi connectivity index (χ0n) is 20.1. The van der Waals surface area contributed by atoms with Crippen molar-refractivity contribution in [2.24, 2.45) is 0 Å². The highest BCUT2D eigenvalue weighted by molar-refractivity contribution is 5.79. The largest absolute Gasteiger partial charge is 0.497 e. The van der Waals surface area contributed by atoms with E-state index < -0.39 is 17.2 Å². The van der Waals surface area contributed by atoms with Crippen LogP contribution in [0, 0.1) is 6.92 Å². The number of methoxy groups -OCH3 is 1. The first-order valence-electron chi connectivity index (χ1n) is 11.4. The lowest BCUT2D eigenvalue weighted by Gasteiger charge is -2.25. The van der Waals surface area contributed by atoms with Gasteiger partial charge in [0.05, 0.1) is 12.7 Å². The number of aryl methyl sites for hydroxylation is 1. The van der Waals surface area contributed by atoms with Crippen molar-refractivity contribution in [3.05, 3.63) is 69.6 Å². The topological polar surface area (TPSA) is 66.1 Å². The summed E-state index contributed by atoms with van der Waals surface area (Å²) >= 11 is 0. The van der Waals surface area contributed by atoms with E-state index in [0.717, 1.165) is 36.1 Å².